The predicted molar refractivity (Wildman–Crippen MR) is 106 cm³/mol. The van der Waals surface area contributed by atoms with Crippen molar-refractivity contribution in [1.82, 2.24) is 15.6 Å². The van der Waals surface area contributed by atoms with Gasteiger partial charge in [0.2, 0.25) is 0 Å². The topological polar surface area (TPSA) is 98.8 Å². The SMILES string of the molecule is O=C(COc1ccc(Cl)c(F)c1)N[C@@H]1CO[C@@H](C(=O)NCc2ccc(C(F)(F)F)cn2)CO1. The monoisotopic (exact) mass is 491 g/mol. The van der Waals surface area contributed by atoms with Crippen LogP contribution in [0.25, 0.3) is 0 Å². The number of nitrogens with one attached hydrogen (secondary N) is 2. The molecular formula is C20H18ClF4N3O5. The van der Waals surface area contributed by atoms with Crippen molar-refractivity contribution in [2.24, 2.45) is 0 Å². The minimum absolute atomic E-state index is 0.0752. The summed E-state index contributed by atoms with van der Waals surface area (Å²) in [5.41, 5.74) is -0.654. The number of amides is 2. The summed E-state index contributed by atoms with van der Waals surface area (Å²) in [6.07, 6.45) is -5.61. The number of nitrogens with zero attached hydrogens (tertiary/aromatic N) is 1. The fourth-order valence-electron chi connectivity index (χ4n) is 2.66. The minimum Gasteiger partial charge on any atom is -0.484 e. The molecule has 2 heterocycles. The third kappa shape index (κ3) is 7.27. The van der Waals surface area contributed by atoms with Gasteiger partial charge in [0, 0.05) is 12.3 Å². The summed E-state index contributed by atoms with van der Waals surface area (Å²) in [4.78, 5) is 27.8. The molecule has 0 radical (unpaired) electrons. The number of rotatable bonds is 7. The van der Waals surface area contributed by atoms with E-state index in [1.807, 2.05) is 0 Å². The van der Waals surface area contributed by atoms with E-state index >= 15 is 0 Å². The molecule has 0 bridgehead atoms. The Morgan fingerprint density at radius 1 is 1.18 bits per heavy atom. The molecule has 33 heavy (non-hydrogen) atoms. The molecule has 1 saturated heterocycles. The van der Waals surface area contributed by atoms with E-state index in [2.05, 4.69) is 15.6 Å². The zero-order chi connectivity index (χ0) is 24.0. The molecule has 1 aromatic carbocycles. The number of benzene rings is 1. The summed E-state index contributed by atoms with van der Waals surface area (Å²) in [5, 5.41) is 4.90. The largest absolute Gasteiger partial charge is 0.484 e. The maximum atomic E-state index is 13.4. The highest BCUT2D eigenvalue weighted by Gasteiger charge is 2.31. The van der Waals surface area contributed by atoms with Crippen LogP contribution in [0.15, 0.2) is 36.5 Å². The van der Waals surface area contributed by atoms with Gasteiger partial charge >= 0.3 is 6.18 Å². The number of hydrogen-bond donors (Lipinski definition) is 2. The highest BCUT2D eigenvalue weighted by Crippen LogP contribution is 2.28. The molecule has 0 unspecified atom stereocenters. The predicted octanol–water partition coefficient (Wildman–Crippen LogP) is 2.45. The van der Waals surface area contributed by atoms with Gasteiger partial charge < -0.3 is 24.8 Å². The van der Waals surface area contributed by atoms with Crippen LogP contribution in [0.2, 0.25) is 5.02 Å². The van der Waals surface area contributed by atoms with Gasteiger partial charge in [-0.15, -0.1) is 0 Å². The molecule has 13 heteroatoms. The normalized spacial score (nSPS) is 18.5. The number of hydrogen-bond acceptors (Lipinski definition) is 6. The van der Waals surface area contributed by atoms with E-state index in [-0.39, 0.29) is 36.2 Å². The maximum Gasteiger partial charge on any atom is 0.417 e. The van der Waals surface area contributed by atoms with Crippen LogP contribution in [-0.4, -0.2) is 49.0 Å². The number of aromatic nitrogens is 1. The van der Waals surface area contributed by atoms with Crippen molar-refractivity contribution in [2.75, 3.05) is 19.8 Å². The Hall–Kier alpha value is -2.96. The van der Waals surface area contributed by atoms with Crippen molar-refractivity contribution < 1.29 is 41.4 Å². The van der Waals surface area contributed by atoms with Crippen molar-refractivity contribution >= 4 is 23.4 Å². The van der Waals surface area contributed by atoms with Gasteiger partial charge in [0.25, 0.3) is 11.8 Å². The molecule has 0 saturated carbocycles. The van der Waals surface area contributed by atoms with E-state index in [0.29, 0.717) is 6.20 Å². The van der Waals surface area contributed by atoms with Gasteiger partial charge in [0.05, 0.1) is 36.0 Å². The van der Waals surface area contributed by atoms with Gasteiger partial charge in [0.15, 0.2) is 18.9 Å². The highest BCUT2D eigenvalue weighted by atomic mass is 35.5. The van der Waals surface area contributed by atoms with Crippen LogP contribution in [0.5, 0.6) is 5.75 Å². The third-order valence-electron chi connectivity index (χ3n) is 4.37. The van der Waals surface area contributed by atoms with Crippen LogP contribution < -0.4 is 15.4 Å². The molecule has 178 valence electrons. The van der Waals surface area contributed by atoms with Crippen LogP contribution in [0.1, 0.15) is 11.3 Å². The Morgan fingerprint density at radius 3 is 2.58 bits per heavy atom. The lowest BCUT2D eigenvalue weighted by Gasteiger charge is -2.29. The van der Waals surface area contributed by atoms with Crippen molar-refractivity contribution in [3.8, 4) is 5.75 Å². The molecule has 1 aliphatic rings. The first-order valence-electron chi connectivity index (χ1n) is 9.52. The Labute approximate surface area is 190 Å². The van der Waals surface area contributed by atoms with Gasteiger partial charge in [-0.1, -0.05) is 11.6 Å². The Kier molecular flexibility index (Phi) is 8.06. The Bertz CT molecular complexity index is 983. The zero-order valence-corrected chi connectivity index (χ0v) is 17.6. The van der Waals surface area contributed by atoms with Crippen LogP contribution >= 0.6 is 11.6 Å². The number of alkyl halides is 3. The number of halogens is 5. The highest BCUT2D eigenvalue weighted by molar-refractivity contribution is 6.30. The van der Waals surface area contributed by atoms with Crippen LogP contribution in [0.4, 0.5) is 17.6 Å². The molecule has 2 aromatic rings. The first-order chi connectivity index (χ1) is 15.6. The van der Waals surface area contributed by atoms with Crippen LogP contribution in [-0.2, 0) is 31.8 Å². The maximum absolute atomic E-state index is 13.4. The third-order valence-corrected chi connectivity index (χ3v) is 4.68. The lowest BCUT2D eigenvalue weighted by molar-refractivity contribution is -0.168. The fraction of sp³-hybridized carbons (Fsp3) is 0.350. The molecule has 1 fully saturated rings. The molecule has 0 aliphatic carbocycles. The molecule has 1 aliphatic heterocycles. The average molecular weight is 492 g/mol. The molecule has 8 nitrogen and oxygen atoms in total. The second-order valence-corrected chi connectivity index (χ2v) is 7.24. The Morgan fingerprint density at radius 2 is 1.97 bits per heavy atom. The van der Waals surface area contributed by atoms with E-state index in [4.69, 9.17) is 25.8 Å². The summed E-state index contributed by atoms with van der Waals surface area (Å²) in [5.74, 6) is -1.67. The number of carbonyl (C=O) groups excluding carboxylic acids is 2. The molecule has 2 amide bonds. The van der Waals surface area contributed by atoms with E-state index in [1.54, 1.807) is 0 Å². The van der Waals surface area contributed by atoms with E-state index in [1.165, 1.54) is 12.1 Å². The lowest BCUT2D eigenvalue weighted by atomic mass is 10.2. The molecular weight excluding hydrogens is 474 g/mol. The van der Waals surface area contributed by atoms with Gasteiger partial charge in [-0.2, -0.15) is 13.2 Å². The smallest absolute Gasteiger partial charge is 0.417 e. The van der Waals surface area contributed by atoms with Crippen molar-refractivity contribution in [3.63, 3.8) is 0 Å². The summed E-state index contributed by atoms with van der Waals surface area (Å²) >= 11 is 5.57. The first-order valence-corrected chi connectivity index (χ1v) is 9.90. The molecule has 2 atom stereocenters. The van der Waals surface area contributed by atoms with E-state index in [0.717, 1.165) is 18.2 Å². The molecule has 0 spiro atoms. The molecule has 3 rings (SSSR count). The summed E-state index contributed by atoms with van der Waals surface area (Å²) in [7, 11) is 0. The fourth-order valence-corrected chi connectivity index (χ4v) is 2.78. The average Bonchev–Trinajstić information content (AvgIpc) is 2.78. The van der Waals surface area contributed by atoms with E-state index in [9.17, 15) is 27.2 Å². The quantitative estimate of drug-likeness (QED) is 0.577. The summed E-state index contributed by atoms with van der Waals surface area (Å²) < 4.78 is 66.9. The zero-order valence-electron chi connectivity index (χ0n) is 16.8. The van der Waals surface area contributed by atoms with Crippen molar-refractivity contribution in [1.29, 1.82) is 0 Å². The van der Waals surface area contributed by atoms with Crippen molar-refractivity contribution in [2.45, 2.75) is 25.1 Å². The Balaban J connectivity index is 1.36. The molecule has 2 N–H and O–H groups in total. The van der Waals surface area contributed by atoms with E-state index < -0.39 is 48.3 Å². The molecule has 1 aromatic heterocycles. The first kappa shape index (κ1) is 24.7. The number of carbonyl (C=O) groups is 2. The lowest BCUT2D eigenvalue weighted by Crippen LogP contribution is -2.51. The van der Waals surface area contributed by atoms with Gasteiger partial charge in [-0.05, 0) is 24.3 Å². The van der Waals surface area contributed by atoms with Gasteiger partial charge in [-0.25, -0.2) is 4.39 Å². The second-order valence-electron chi connectivity index (χ2n) is 6.83. The number of ether oxygens (including phenoxy) is 3. The standard InChI is InChI=1S/C20H18ClF4N3O5/c21-14-4-3-13(5-15(14)22)31-9-17(29)28-18-10-32-16(8-33-18)19(30)27-7-12-2-1-11(6-26-12)20(23,24)25/h1-6,16,18H,7-10H2,(H,27,30)(H,28,29)/t16-,18+/m1/s1. The summed E-state index contributed by atoms with van der Waals surface area (Å²) in [6, 6.07) is 5.77. The second kappa shape index (κ2) is 10.8. The van der Waals surface area contributed by atoms with Crippen LogP contribution in [0, 0.1) is 5.82 Å². The summed E-state index contributed by atoms with van der Waals surface area (Å²) in [6.45, 7) is -0.803. The minimum atomic E-state index is -4.49. The van der Waals surface area contributed by atoms with Gasteiger partial charge in [-0.3, -0.25) is 14.6 Å². The van der Waals surface area contributed by atoms with Gasteiger partial charge in [0.1, 0.15) is 11.6 Å². The number of pyridine rings is 1. The van der Waals surface area contributed by atoms with Crippen LogP contribution in [0.3, 0.4) is 0 Å². The van der Waals surface area contributed by atoms with Crippen molar-refractivity contribution in [3.05, 3.63) is 58.6 Å².